The van der Waals surface area contributed by atoms with Crippen LogP contribution in [0.3, 0.4) is 0 Å². The van der Waals surface area contributed by atoms with Crippen molar-refractivity contribution >= 4 is 23.5 Å². The van der Waals surface area contributed by atoms with Gasteiger partial charge < -0.3 is 15.4 Å². The third kappa shape index (κ3) is 6.81. The van der Waals surface area contributed by atoms with Crippen molar-refractivity contribution in [2.45, 2.75) is 6.42 Å². The van der Waals surface area contributed by atoms with Gasteiger partial charge in [0.1, 0.15) is 5.82 Å². The Hall–Kier alpha value is -3.36. The van der Waals surface area contributed by atoms with Crippen LogP contribution in [0.1, 0.15) is 5.56 Å². The van der Waals surface area contributed by atoms with E-state index >= 15 is 0 Å². The molecule has 0 fully saturated rings. The second kappa shape index (κ2) is 9.37. The van der Waals surface area contributed by atoms with E-state index in [0.717, 1.165) is 18.2 Å². The molecule has 0 heterocycles. The molecule has 2 rings (SSSR count). The first kappa shape index (κ1) is 20.0. The van der Waals surface area contributed by atoms with Crippen LogP contribution < -0.4 is 10.6 Å². The molecule has 2 aromatic carbocycles. The summed E-state index contributed by atoms with van der Waals surface area (Å²) in [6.45, 7) is -1.05. The van der Waals surface area contributed by atoms with Crippen LogP contribution in [-0.4, -0.2) is 30.9 Å². The summed E-state index contributed by atoms with van der Waals surface area (Å²) in [6.07, 6.45) is -0.135. The van der Waals surface area contributed by atoms with Crippen LogP contribution in [0.15, 0.2) is 42.5 Å². The fourth-order valence-corrected chi connectivity index (χ4v) is 1.97. The summed E-state index contributed by atoms with van der Waals surface area (Å²) in [5, 5.41) is 4.48. The van der Waals surface area contributed by atoms with Crippen molar-refractivity contribution in [3.8, 4) is 0 Å². The van der Waals surface area contributed by atoms with Crippen LogP contribution in [0, 0.1) is 17.5 Å². The van der Waals surface area contributed by atoms with Crippen molar-refractivity contribution in [1.82, 2.24) is 5.32 Å². The van der Waals surface area contributed by atoms with E-state index in [2.05, 4.69) is 10.6 Å². The van der Waals surface area contributed by atoms with E-state index in [9.17, 15) is 27.6 Å². The number of carbonyl (C=O) groups is 3. The first-order valence-electron chi connectivity index (χ1n) is 7.75. The average Bonchev–Trinajstić information content (AvgIpc) is 2.63. The van der Waals surface area contributed by atoms with Gasteiger partial charge in [0.25, 0.3) is 5.91 Å². The normalized spacial score (nSPS) is 10.2. The second-order valence-electron chi connectivity index (χ2n) is 5.42. The maximum absolute atomic E-state index is 13.0. The third-order valence-electron chi connectivity index (χ3n) is 3.28. The summed E-state index contributed by atoms with van der Waals surface area (Å²) >= 11 is 0. The molecule has 0 saturated carbocycles. The smallest absolute Gasteiger partial charge is 0.310 e. The standard InChI is InChI=1S/C18H15F3N2O4/c19-12-3-1-11(2-4-12)7-18(26)27-10-17(25)22-9-16(24)23-13-5-6-14(20)15(21)8-13/h1-6,8H,7,9-10H2,(H,22,25)(H,23,24). The lowest BCUT2D eigenvalue weighted by atomic mass is 10.1. The number of anilines is 1. The molecule has 0 saturated heterocycles. The number of esters is 1. The third-order valence-corrected chi connectivity index (χ3v) is 3.28. The maximum atomic E-state index is 13.0. The van der Waals surface area contributed by atoms with Gasteiger partial charge in [0.2, 0.25) is 5.91 Å². The van der Waals surface area contributed by atoms with Crippen LogP contribution in [-0.2, 0) is 25.5 Å². The monoisotopic (exact) mass is 380 g/mol. The Morgan fingerprint density at radius 1 is 0.889 bits per heavy atom. The van der Waals surface area contributed by atoms with E-state index in [1.54, 1.807) is 0 Å². The molecule has 0 radical (unpaired) electrons. The van der Waals surface area contributed by atoms with Gasteiger partial charge in [0, 0.05) is 11.8 Å². The molecule has 142 valence electrons. The minimum absolute atomic E-state index is 0.0267. The molecule has 0 aromatic heterocycles. The van der Waals surface area contributed by atoms with Crippen LogP contribution in [0.5, 0.6) is 0 Å². The van der Waals surface area contributed by atoms with Crippen molar-refractivity contribution in [3.63, 3.8) is 0 Å². The molecule has 0 unspecified atom stereocenters. The van der Waals surface area contributed by atoms with E-state index in [4.69, 9.17) is 4.74 Å². The van der Waals surface area contributed by atoms with E-state index in [-0.39, 0.29) is 12.1 Å². The van der Waals surface area contributed by atoms with Crippen LogP contribution in [0.4, 0.5) is 18.9 Å². The number of amides is 2. The van der Waals surface area contributed by atoms with E-state index in [0.29, 0.717) is 5.56 Å². The summed E-state index contributed by atoms with van der Waals surface area (Å²) in [4.78, 5) is 34.8. The van der Waals surface area contributed by atoms with Gasteiger partial charge in [-0.2, -0.15) is 0 Å². The summed E-state index contributed by atoms with van der Waals surface area (Å²) < 4.78 is 43.3. The lowest BCUT2D eigenvalue weighted by Gasteiger charge is -2.08. The number of ether oxygens (including phenoxy) is 1. The van der Waals surface area contributed by atoms with Crippen LogP contribution >= 0.6 is 0 Å². The highest BCUT2D eigenvalue weighted by Crippen LogP contribution is 2.12. The topological polar surface area (TPSA) is 84.5 Å². The lowest BCUT2D eigenvalue weighted by molar-refractivity contribution is -0.147. The highest BCUT2D eigenvalue weighted by molar-refractivity contribution is 5.94. The minimum Gasteiger partial charge on any atom is -0.455 e. The summed E-state index contributed by atoms with van der Waals surface area (Å²) in [7, 11) is 0. The Morgan fingerprint density at radius 3 is 2.26 bits per heavy atom. The van der Waals surface area contributed by atoms with Crippen molar-refractivity contribution in [2.75, 3.05) is 18.5 Å². The predicted octanol–water partition coefficient (Wildman–Crippen LogP) is 1.94. The fraction of sp³-hybridized carbons (Fsp3) is 0.167. The Morgan fingerprint density at radius 2 is 1.59 bits per heavy atom. The summed E-state index contributed by atoms with van der Waals surface area (Å²) in [5.41, 5.74) is 0.548. The minimum atomic E-state index is -1.12. The number of hydrogen-bond donors (Lipinski definition) is 2. The molecular formula is C18H15F3N2O4. The molecular weight excluding hydrogens is 365 g/mol. The number of nitrogens with one attached hydrogen (secondary N) is 2. The molecule has 2 aromatic rings. The molecule has 0 aliphatic heterocycles. The zero-order valence-electron chi connectivity index (χ0n) is 13.9. The number of benzene rings is 2. The average molecular weight is 380 g/mol. The van der Waals surface area contributed by atoms with Crippen LogP contribution in [0.2, 0.25) is 0 Å². The zero-order chi connectivity index (χ0) is 19.8. The van der Waals surface area contributed by atoms with Crippen molar-refractivity contribution in [3.05, 3.63) is 65.5 Å². The number of rotatable bonds is 7. The molecule has 0 atom stereocenters. The molecule has 0 aliphatic rings. The predicted molar refractivity (Wildman–Crippen MR) is 89.1 cm³/mol. The molecule has 6 nitrogen and oxygen atoms in total. The van der Waals surface area contributed by atoms with Gasteiger partial charge in [0.05, 0.1) is 13.0 Å². The van der Waals surface area contributed by atoms with E-state index < -0.39 is 48.4 Å². The quantitative estimate of drug-likeness (QED) is 0.719. The molecule has 0 bridgehead atoms. The molecule has 2 amide bonds. The van der Waals surface area contributed by atoms with Gasteiger partial charge in [0.15, 0.2) is 18.2 Å². The Balaban J connectivity index is 1.69. The molecule has 27 heavy (non-hydrogen) atoms. The van der Waals surface area contributed by atoms with Gasteiger partial charge in [-0.25, -0.2) is 13.2 Å². The SMILES string of the molecule is O=C(COC(=O)Cc1ccc(F)cc1)NCC(=O)Nc1ccc(F)c(F)c1. The molecule has 2 N–H and O–H groups in total. The zero-order valence-corrected chi connectivity index (χ0v) is 13.9. The largest absolute Gasteiger partial charge is 0.455 e. The summed E-state index contributed by atoms with van der Waals surface area (Å²) in [6, 6.07) is 8.03. The molecule has 9 heteroatoms. The first-order chi connectivity index (χ1) is 12.8. The Labute approximate surface area is 152 Å². The van der Waals surface area contributed by atoms with Gasteiger partial charge >= 0.3 is 5.97 Å². The summed E-state index contributed by atoms with van der Waals surface area (Å²) in [5.74, 6) is -4.69. The maximum Gasteiger partial charge on any atom is 0.310 e. The number of hydrogen-bond acceptors (Lipinski definition) is 4. The van der Waals surface area contributed by atoms with Crippen LogP contribution in [0.25, 0.3) is 0 Å². The molecule has 0 spiro atoms. The van der Waals surface area contributed by atoms with Crippen molar-refractivity contribution < 1.29 is 32.3 Å². The van der Waals surface area contributed by atoms with Gasteiger partial charge in [-0.3, -0.25) is 14.4 Å². The lowest BCUT2D eigenvalue weighted by Crippen LogP contribution is -2.35. The van der Waals surface area contributed by atoms with Gasteiger partial charge in [-0.15, -0.1) is 0 Å². The van der Waals surface area contributed by atoms with E-state index in [1.807, 2.05) is 0 Å². The fourth-order valence-electron chi connectivity index (χ4n) is 1.97. The van der Waals surface area contributed by atoms with E-state index in [1.165, 1.54) is 24.3 Å². The highest BCUT2D eigenvalue weighted by Gasteiger charge is 2.11. The highest BCUT2D eigenvalue weighted by atomic mass is 19.2. The van der Waals surface area contributed by atoms with Gasteiger partial charge in [-0.1, -0.05) is 12.1 Å². The number of carbonyl (C=O) groups excluding carboxylic acids is 3. The van der Waals surface area contributed by atoms with Crippen molar-refractivity contribution in [1.29, 1.82) is 0 Å². The Kier molecular flexibility index (Phi) is 6.93. The molecule has 0 aliphatic carbocycles. The van der Waals surface area contributed by atoms with Gasteiger partial charge in [-0.05, 0) is 29.8 Å². The first-order valence-corrected chi connectivity index (χ1v) is 7.75. The second-order valence-corrected chi connectivity index (χ2v) is 5.42. The van der Waals surface area contributed by atoms with Crippen molar-refractivity contribution in [2.24, 2.45) is 0 Å². The number of halogens is 3. The Bertz CT molecular complexity index is 841.